The number of aliphatic hydroxyl groups is 1. The minimum absolute atomic E-state index is 0.0285. The predicted octanol–water partition coefficient (Wildman–Crippen LogP) is 8.67. The van der Waals surface area contributed by atoms with Crippen LogP contribution in [0.5, 0.6) is 23.0 Å². The van der Waals surface area contributed by atoms with E-state index >= 15 is 14.4 Å². The highest BCUT2D eigenvalue weighted by molar-refractivity contribution is 6.23. The summed E-state index contributed by atoms with van der Waals surface area (Å²) >= 11 is 0. The number of phenols is 2. The minimum Gasteiger partial charge on any atom is -0.512 e. The lowest BCUT2D eigenvalue weighted by Crippen LogP contribution is -2.51. The first-order chi connectivity index (χ1) is 30.7. The summed E-state index contributed by atoms with van der Waals surface area (Å²) in [4.78, 5) is 51.5. The molecule has 4 saturated heterocycles. The number of ether oxygens (including phenoxy) is 2. The number of carbonyl (C=O) groups is 3. The zero-order chi connectivity index (χ0) is 43.1. The van der Waals surface area contributed by atoms with Crippen molar-refractivity contribution in [2.45, 2.75) is 60.7 Å². The number of fused-ring (bicyclic) bond motifs is 6. The Kier molecular flexibility index (Phi) is 8.19. The fourth-order valence-electron chi connectivity index (χ4n) is 13.8. The van der Waals surface area contributed by atoms with E-state index in [2.05, 4.69) is 9.80 Å². The summed E-state index contributed by atoms with van der Waals surface area (Å²) < 4.78 is 11.3. The SMILES string of the molecule is COc1cc([C@@H]2C3CCCN3[C@]3(C(=O)c4cccc5cccc3c45)C2C(=O)/C=C(\O)C2C3CCCN3[C@]3(C(=O)c4cccc5cccc3c45)[C@@H]2c2ccc(O)c(OC)c2)ccc1O. The highest BCUT2D eigenvalue weighted by Gasteiger charge is 2.70. The summed E-state index contributed by atoms with van der Waals surface area (Å²) in [7, 11) is 2.98. The Labute approximate surface area is 364 Å². The Bertz CT molecular complexity index is 3020. The van der Waals surface area contributed by atoms with Gasteiger partial charge in [0.1, 0.15) is 16.8 Å². The second-order valence-electron chi connectivity index (χ2n) is 18.3. The topological polar surface area (TPSA) is 137 Å². The first-order valence-electron chi connectivity index (χ1n) is 22.0. The van der Waals surface area contributed by atoms with Crippen LogP contribution in [0.25, 0.3) is 21.5 Å². The molecule has 4 fully saturated rings. The van der Waals surface area contributed by atoms with E-state index in [-0.39, 0.29) is 58.2 Å². The Morgan fingerprint density at radius 2 is 1.17 bits per heavy atom. The van der Waals surface area contributed by atoms with Gasteiger partial charge in [-0.25, -0.2) is 0 Å². The van der Waals surface area contributed by atoms with E-state index in [1.165, 1.54) is 20.3 Å². The molecule has 63 heavy (non-hydrogen) atoms. The van der Waals surface area contributed by atoms with Gasteiger partial charge < -0.3 is 24.8 Å². The summed E-state index contributed by atoms with van der Waals surface area (Å²) in [6, 6.07) is 33.3. The quantitative estimate of drug-likeness (QED) is 0.106. The van der Waals surface area contributed by atoms with Crippen LogP contribution in [0.4, 0.5) is 0 Å². The molecular weight excluding hydrogens is 793 g/mol. The number of nitrogens with zero attached hydrogens (tertiary/aromatic N) is 2. The van der Waals surface area contributed by atoms with Gasteiger partial charge >= 0.3 is 0 Å². The summed E-state index contributed by atoms with van der Waals surface area (Å²) in [5.74, 6) is -3.19. The van der Waals surface area contributed by atoms with E-state index < -0.39 is 34.7 Å². The molecule has 4 unspecified atom stereocenters. The molecule has 6 aromatic rings. The number of hydrogen-bond acceptors (Lipinski definition) is 10. The minimum atomic E-state index is -1.37. The first-order valence-corrected chi connectivity index (χ1v) is 22.0. The fourth-order valence-corrected chi connectivity index (χ4v) is 13.8. The van der Waals surface area contributed by atoms with Gasteiger partial charge in [0, 0.05) is 47.0 Å². The number of carbonyl (C=O) groups excluding carboxylic acids is 3. The molecule has 2 aliphatic carbocycles. The number of hydrogen-bond donors (Lipinski definition) is 3. The van der Waals surface area contributed by atoms with Gasteiger partial charge in [0.25, 0.3) is 0 Å². The smallest absolute Gasteiger partial charge is 0.189 e. The van der Waals surface area contributed by atoms with Gasteiger partial charge in [0.2, 0.25) is 0 Å². The molecule has 0 bridgehead atoms. The van der Waals surface area contributed by atoms with Gasteiger partial charge in [0.15, 0.2) is 40.3 Å². The maximum absolute atomic E-state index is 16.0. The molecule has 316 valence electrons. The van der Waals surface area contributed by atoms with Crippen molar-refractivity contribution in [3.63, 3.8) is 0 Å². The van der Waals surface area contributed by atoms with Crippen molar-refractivity contribution in [1.82, 2.24) is 9.80 Å². The van der Waals surface area contributed by atoms with E-state index in [4.69, 9.17) is 9.47 Å². The molecule has 0 saturated carbocycles. The first kappa shape index (κ1) is 38.2. The van der Waals surface area contributed by atoms with Gasteiger partial charge in [0.05, 0.1) is 20.1 Å². The normalized spacial score (nSPS) is 29.5. The number of aliphatic hydroxyl groups excluding tert-OH is 1. The Morgan fingerprint density at radius 1 is 0.667 bits per heavy atom. The maximum Gasteiger partial charge on any atom is 0.189 e. The van der Waals surface area contributed by atoms with Crippen molar-refractivity contribution < 1.29 is 39.2 Å². The number of Topliss-reactive ketones (excluding diaryl/α,β-unsaturated/α-hetero) is 2. The molecule has 10 heteroatoms. The summed E-state index contributed by atoms with van der Waals surface area (Å²) in [5, 5.41) is 38.3. The third kappa shape index (κ3) is 4.72. The zero-order valence-corrected chi connectivity index (χ0v) is 35.0. The summed E-state index contributed by atoms with van der Waals surface area (Å²) in [6.07, 6.45) is 4.43. The molecule has 6 aromatic carbocycles. The predicted molar refractivity (Wildman–Crippen MR) is 237 cm³/mol. The van der Waals surface area contributed by atoms with Gasteiger partial charge in [-0.15, -0.1) is 0 Å². The number of rotatable bonds is 7. The molecule has 4 aliphatic heterocycles. The lowest BCUT2D eigenvalue weighted by atomic mass is 9.67. The molecule has 0 radical (unpaired) electrons. The molecule has 2 spiro atoms. The molecule has 10 nitrogen and oxygen atoms in total. The van der Waals surface area contributed by atoms with E-state index in [1.807, 2.05) is 78.9 Å². The van der Waals surface area contributed by atoms with Crippen LogP contribution < -0.4 is 9.47 Å². The standard InChI is InChI=1S/C53H46N2O8/c1-62-42-25-30(19-21-38(42)56)46-36-17-7-23-54(36)53(35-16-6-12-29-10-4-14-33(45(29)35)51(53)61)49(46)41(59)27-40(58)47-37-18-8-24-55(37)52(48(47)31-20-22-39(57)43(26-31)63-2)34-15-5-11-28-9-3-13-32(44(28)34)50(52)60/h3-6,9-16,19-22,25-27,36-37,46-49,56-58H,7-8,17-18,23-24H2,1-2H3/b40-27-/t36?,37?,46-,47?,48-,49?,52+,53+/m1/s1. The van der Waals surface area contributed by atoms with Crippen molar-refractivity contribution in [3.05, 3.63) is 154 Å². The van der Waals surface area contributed by atoms with E-state index in [0.29, 0.717) is 36.2 Å². The third-order valence-electron chi connectivity index (χ3n) is 15.9. The van der Waals surface area contributed by atoms with Crippen molar-refractivity contribution in [1.29, 1.82) is 0 Å². The average molecular weight is 839 g/mol. The monoisotopic (exact) mass is 838 g/mol. The highest BCUT2D eigenvalue weighted by Crippen LogP contribution is 2.66. The van der Waals surface area contributed by atoms with Crippen LogP contribution in [0.15, 0.2) is 121 Å². The number of aromatic hydroxyl groups is 2. The number of phenolic OH excluding ortho intramolecular Hbond substituents is 2. The van der Waals surface area contributed by atoms with Gasteiger partial charge in [-0.2, -0.15) is 0 Å². The van der Waals surface area contributed by atoms with Gasteiger partial charge in [-0.05, 0) is 107 Å². The van der Waals surface area contributed by atoms with Crippen LogP contribution in [0.3, 0.4) is 0 Å². The maximum atomic E-state index is 16.0. The second kappa shape index (κ2) is 13.5. The van der Waals surface area contributed by atoms with Crippen molar-refractivity contribution in [2.24, 2.45) is 11.8 Å². The number of methoxy groups -OCH3 is 2. The van der Waals surface area contributed by atoms with Crippen molar-refractivity contribution in [2.75, 3.05) is 27.3 Å². The summed E-state index contributed by atoms with van der Waals surface area (Å²) in [6.45, 7) is 1.21. The van der Waals surface area contributed by atoms with Crippen LogP contribution >= 0.6 is 0 Å². The highest BCUT2D eigenvalue weighted by atomic mass is 16.5. The molecule has 0 aromatic heterocycles. The Hall–Kier alpha value is -6.49. The molecule has 4 heterocycles. The molecular formula is C53H46N2O8. The molecule has 0 amide bonds. The van der Waals surface area contributed by atoms with Crippen molar-refractivity contribution in [3.8, 4) is 23.0 Å². The van der Waals surface area contributed by atoms with Crippen LogP contribution in [0, 0.1) is 11.8 Å². The molecule has 8 atom stereocenters. The lowest BCUT2D eigenvalue weighted by Gasteiger charge is -2.39. The summed E-state index contributed by atoms with van der Waals surface area (Å²) in [5.41, 5.74) is 1.72. The van der Waals surface area contributed by atoms with Gasteiger partial charge in [-0.1, -0.05) is 84.9 Å². The second-order valence-corrected chi connectivity index (χ2v) is 18.3. The zero-order valence-electron chi connectivity index (χ0n) is 35.0. The Balaban J connectivity index is 1.08. The van der Waals surface area contributed by atoms with Crippen LogP contribution in [-0.2, 0) is 15.9 Å². The fraction of sp³-hybridized carbons (Fsp3) is 0.302. The third-order valence-corrected chi connectivity index (χ3v) is 15.9. The van der Waals surface area contributed by atoms with Crippen molar-refractivity contribution >= 4 is 38.9 Å². The van der Waals surface area contributed by atoms with Crippen LogP contribution in [0.2, 0.25) is 0 Å². The van der Waals surface area contributed by atoms with E-state index in [1.54, 1.807) is 30.3 Å². The molecule has 3 N–H and O–H groups in total. The van der Waals surface area contributed by atoms with Crippen LogP contribution in [0.1, 0.15) is 80.5 Å². The van der Waals surface area contributed by atoms with E-state index in [9.17, 15) is 15.3 Å². The lowest BCUT2D eigenvalue weighted by molar-refractivity contribution is -0.121. The largest absolute Gasteiger partial charge is 0.512 e. The number of benzene rings is 6. The van der Waals surface area contributed by atoms with Gasteiger partial charge in [-0.3, -0.25) is 24.2 Å². The Morgan fingerprint density at radius 3 is 1.78 bits per heavy atom. The van der Waals surface area contributed by atoms with Crippen LogP contribution in [-0.4, -0.2) is 81.9 Å². The van der Waals surface area contributed by atoms with E-state index in [0.717, 1.165) is 57.5 Å². The molecule has 12 rings (SSSR count). The molecule has 6 aliphatic rings. The number of allylic oxidation sites excluding steroid dienone is 1. The number of ketones is 3. The average Bonchev–Trinajstić information content (AvgIpc) is 4.15.